The van der Waals surface area contributed by atoms with Crippen LogP contribution in [0.1, 0.15) is 83.8 Å². The van der Waals surface area contributed by atoms with Gasteiger partial charge in [0, 0.05) is 24.1 Å². The van der Waals surface area contributed by atoms with Gasteiger partial charge in [-0.3, -0.25) is 9.36 Å². The van der Waals surface area contributed by atoms with Gasteiger partial charge >= 0.3 is 13.5 Å². The summed E-state index contributed by atoms with van der Waals surface area (Å²) in [6.45, 7) is 15.2. The lowest BCUT2D eigenvalue weighted by Crippen LogP contribution is -2.35. The molecule has 3 unspecified atom stereocenters. The molecule has 1 aliphatic carbocycles. The molecule has 34 heavy (non-hydrogen) atoms. The molecule has 3 rings (SSSR count). The third kappa shape index (κ3) is 6.55. The van der Waals surface area contributed by atoms with Gasteiger partial charge in [0.15, 0.2) is 0 Å². The molecule has 1 N–H and O–H groups in total. The van der Waals surface area contributed by atoms with E-state index in [2.05, 4.69) is 37.7 Å². The summed E-state index contributed by atoms with van der Waals surface area (Å²) in [4.78, 5) is 12.3. The zero-order chi connectivity index (χ0) is 25.0. The highest BCUT2D eigenvalue weighted by Gasteiger charge is 2.38. The Hall–Kier alpha value is -2.04. The van der Waals surface area contributed by atoms with E-state index in [1.165, 1.54) is 12.2 Å². The second-order valence-electron chi connectivity index (χ2n) is 9.99. The first kappa shape index (κ1) is 26.6. The van der Waals surface area contributed by atoms with Crippen molar-refractivity contribution in [3.8, 4) is 11.5 Å². The fraction of sp³-hybridized carbons (Fsp3) is 0.593. The van der Waals surface area contributed by atoms with Crippen molar-refractivity contribution in [2.45, 2.75) is 91.2 Å². The van der Waals surface area contributed by atoms with E-state index in [-0.39, 0.29) is 17.9 Å². The Morgan fingerprint density at radius 1 is 1.29 bits per heavy atom. The molecule has 0 spiro atoms. The number of rotatable bonds is 10. The minimum absolute atomic E-state index is 0.0630. The lowest BCUT2D eigenvalue weighted by Gasteiger charge is -2.38. The van der Waals surface area contributed by atoms with Crippen LogP contribution in [-0.4, -0.2) is 24.8 Å². The minimum atomic E-state index is -3.39. The number of hydrogen-bond acceptors (Lipinski definition) is 5. The van der Waals surface area contributed by atoms with Gasteiger partial charge in [-0.2, -0.15) is 0 Å². The molecule has 188 valence electrons. The third-order valence-corrected chi connectivity index (χ3v) is 7.78. The number of carbonyl (C=O) groups excluding carboxylic acids is 1. The number of unbranched alkanes of at least 4 members (excludes halogenated alkanes) is 2. The van der Waals surface area contributed by atoms with Crippen LogP contribution in [0.4, 0.5) is 0 Å². The number of nitrogens with one attached hydrogen (secondary N) is 1. The summed E-state index contributed by atoms with van der Waals surface area (Å²) in [5, 5.41) is 2.86. The Balaban J connectivity index is 1.96. The molecular weight excluding hydrogens is 449 g/mol. The molecule has 0 amide bonds. The van der Waals surface area contributed by atoms with Gasteiger partial charge in [-0.15, -0.1) is 0 Å². The van der Waals surface area contributed by atoms with Gasteiger partial charge < -0.3 is 14.0 Å². The van der Waals surface area contributed by atoms with Crippen molar-refractivity contribution in [2.24, 2.45) is 5.92 Å². The number of esters is 1. The molecule has 0 saturated heterocycles. The van der Waals surface area contributed by atoms with E-state index >= 15 is 0 Å². The lowest BCUT2D eigenvalue weighted by molar-refractivity contribution is -0.149. The maximum Gasteiger partial charge on any atom is 0.323 e. The van der Waals surface area contributed by atoms with Gasteiger partial charge in [-0.1, -0.05) is 38.0 Å². The molecule has 6 nitrogen and oxygen atoms in total. The van der Waals surface area contributed by atoms with Crippen LogP contribution < -0.4 is 14.3 Å². The average Bonchev–Trinajstić information content (AvgIpc) is 2.72. The van der Waals surface area contributed by atoms with E-state index in [4.69, 9.17) is 14.0 Å². The van der Waals surface area contributed by atoms with Crippen LogP contribution in [-0.2, 0) is 20.5 Å². The van der Waals surface area contributed by atoms with Crippen molar-refractivity contribution in [2.75, 3.05) is 6.66 Å². The number of ether oxygens (including phenoxy) is 2. The smallest absolute Gasteiger partial charge is 0.323 e. The molecule has 0 aromatic heterocycles. The van der Waals surface area contributed by atoms with Crippen LogP contribution in [0.2, 0.25) is 0 Å². The van der Waals surface area contributed by atoms with Crippen LogP contribution in [0.25, 0.3) is 0 Å². The SMILES string of the molecule is C=C1Oc2cc(CCCCC)cc(OP(C)(=O)N[C@@H](C)C(=O)OC(C)C)c2C2C=C(C)CCC12. The Labute approximate surface area is 204 Å². The fourth-order valence-electron chi connectivity index (χ4n) is 4.75. The van der Waals surface area contributed by atoms with Crippen LogP contribution in [0.3, 0.4) is 0 Å². The van der Waals surface area contributed by atoms with Crippen molar-refractivity contribution in [3.05, 3.63) is 47.2 Å². The summed E-state index contributed by atoms with van der Waals surface area (Å²) in [7, 11) is -3.39. The Bertz CT molecular complexity index is 999. The molecule has 0 fully saturated rings. The molecule has 1 aliphatic heterocycles. The summed E-state index contributed by atoms with van der Waals surface area (Å²) in [5.74, 6) is 1.83. The van der Waals surface area contributed by atoms with E-state index in [0.717, 1.165) is 61.2 Å². The molecule has 1 heterocycles. The van der Waals surface area contributed by atoms with Crippen LogP contribution in [0.5, 0.6) is 11.5 Å². The van der Waals surface area contributed by atoms with Crippen LogP contribution >= 0.6 is 7.52 Å². The quantitative estimate of drug-likeness (QED) is 0.167. The van der Waals surface area contributed by atoms with E-state index in [1.54, 1.807) is 20.8 Å². The largest absolute Gasteiger partial charge is 0.462 e. The minimum Gasteiger partial charge on any atom is -0.462 e. The molecule has 0 radical (unpaired) electrons. The molecule has 2 aliphatic rings. The Kier molecular flexibility index (Phi) is 8.70. The van der Waals surface area contributed by atoms with Gasteiger partial charge in [-0.05, 0) is 71.1 Å². The standard InChI is InChI=1S/C27H40NO5P/c1-8-9-10-11-21-15-24-26(23-14-18(4)12-13-22(23)20(6)32-24)25(16-21)33-34(7,30)28-19(5)27(29)31-17(2)3/h14-17,19,22-23H,6,8-13H2,1-5,7H3,(H,28,30)/t19-,22?,23?,34?/m0/s1. The molecule has 1 aromatic rings. The van der Waals surface area contributed by atoms with E-state index < -0.39 is 19.5 Å². The highest BCUT2D eigenvalue weighted by Crippen LogP contribution is 2.54. The summed E-state index contributed by atoms with van der Waals surface area (Å²) < 4.78 is 31.2. The maximum atomic E-state index is 13.5. The number of aryl methyl sites for hydroxylation is 1. The predicted octanol–water partition coefficient (Wildman–Crippen LogP) is 6.90. The van der Waals surface area contributed by atoms with E-state index in [1.807, 2.05) is 6.07 Å². The van der Waals surface area contributed by atoms with Gasteiger partial charge in [-0.25, -0.2) is 5.09 Å². The number of allylic oxidation sites excluding steroid dienone is 3. The van der Waals surface area contributed by atoms with Crippen molar-refractivity contribution in [3.63, 3.8) is 0 Å². The molecule has 0 saturated carbocycles. The zero-order valence-electron chi connectivity index (χ0n) is 21.5. The summed E-state index contributed by atoms with van der Waals surface area (Å²) >= 11 is 0. The van der Waals surface area contributed by atoms with Crippen molar-refractivity contribution in [1.82, 2.24) is 5.09 Å². The van der Waals surface area contributed by atoms with Crippen LogP contribution in [0.15, 0.2) is 36.1 Å². The van der Waals surface area contributed by atoms with E-state index in [0.29, 0.717) is 5.75 Å². The Morgan fingerprint density at radius 2 is 2.03 bits per heavy atom. The van der Waals surface area contributed by atoms with Crippen molar-refractivity contribution in [1.29, 1.82) is 0 Å². The lowest BCUT2D eigenvalue weighted by atomic mass is 9.74. The third-order valence-electron chi connectivity index (χ3n) is 6.37. The normalized spacial score (nSPS) is 22.1. The summed E-state index contributed by atoms with van der Waals surface area (Å²) in [6, 6.07) is 3.31. The average molecular weight is 490 g/mol. The fourth-order valence-corrected chi connectivity index (χ4v) is 6.14. The second kappa shape index (κ2) is 11.1. The van der Waals surface area contributed by atoms with Crippen LogP contribution in [0, 0.1) is 5.92 Å². The first-order chi connectivity index (χ1) is 16.0. The monoisotopic (exact) mass is 489 g/mol. The van der Waals surface area contributed by atoms with Crippen molar-refractivity contribution >= 4 is 13.5 Å². The summed E-state index contributed by atoms with van der Waals surface area (Å²) in [6.07, 6.45) is 8.20. The summed E-state index contributed by atoms with van der Waals surface area (Å²) in [5.41, 5.74) is 3.32. The van der Waals surface area contributed by atoms with Gasteiger partial charge in [0.2, 0.25) is 0 Å². The maximum absolute atomic E-state index is 13.5. The van der Waals surface area contributed by atoms with Crippen molar-refractivity contribution < 1.29 is 23.4 Å². The number of carbonyl (C=O) groups is 1. The molecule has 7 heteroatoms. The van der Waals surface area contributed by atoms with Gasteiger partial charge in [0.05, 0.1) is 6.10 Å². The highest BCUT2D eigenvalue weighted by molar-refractivity contribution is 7.56. The topological polar surface area (TPSA) is 73.9 Å². The number of benzene rings is 1. The number of fused-ring (bicyclic) bond motifs is 3. The molecule has 1 aromatic carbocycles. The number of hydrogen-bond donors (Lipinski definition) is 1. The van der Waals surface area contributed by atoms with Gasteiger partial charge in [0.1, 0.15) is 23.3 Å². The highest BCUT2D eigenvalue weighted by atomic mass is 31.2. The predicted molar refractivity (Wildman–Crippen MR) is 137 cm³/mol. The molecule has 0 bridgehead atoms. The first-order valence-electron chi connectivity index (χ1n) is 12.5. The second-order valence-corrected chi connectivity index (χ2v) is 12.1. The van der Waals surface area contributed by atoms with Gasteiger partial charge in [0.25, 0.3) is 0 Å². The molecular formula is C27H40NO5P. The van der Waals surface area contributed by atoms with E-state index in [9.17, 15) is 9.36 Å². The molecule has 4 atom stereocenters. The first-order valence-corrected chi connectivity index (χ1v) is 14.5. The Morgan fingerprint density at radius 3 is 2.71 bits per heavy atom. The zero-order valence-corrected chi connectivity index (χ0v) is 22.4.